The van der Waals surface area contributed by atoms with E-state index in [1.807, 2.05) is 16.8 Å². The zero-order valence-electron chi connectivity index (χ0n) is 12.2. The number of aryl methyl sites for hydroxylation is 1. The highest BCUT2D eigenvalue weighted by atomic mass is 15.3. The van der Waals surface area contributed by atoms with Crippen molar-refractivity contribution in [2.45, 2.75) is 6.92 Å². The number of nitrogens with zero attached hydrogens (tertiary/aromatic N) is 5. The van der Waals surface area contributed by atoms with Crippen LogP contribution in [-0.2, 0) is 0 Å². The van der Waals surface area contributed by atoms with E-state index >= 15 is 0 Å². The number of aromatic nitrogens is 3. The van der Waals surface area contributed by atoms with E-state index < -0.39 is 0 Å². The Balaban J connectivity index is 1.52. The van der Waals surface area contributed by atoms with Gasteiger partial charge in [0.15, 0.2) is 5.65 Å². The molecule has 1 N–H and O–H groups in total. The van der Waals surface area contributed by atoms with Crippen molar-refractivity contribution in [2.75, 3.05) is 51.6 Å². The Morgan fingerprint density at radius 1 is 1.20 bits per heavy atom. The molecule has 1 aliphatic heterocycles. The molecule has 2 aromatic heterocycles. The van der Waals surface area contributed by atoms with E-state index in [0.717, 1.165) is 44.9 Å². The Morgan fingerprint density at radius 2 is 2.00 bits per heavy atom. The Hall–Kier alpha value is -1.66. The first-order chi connectivity index (χ1) is 9.70. The Morgan fingerprint density at radius 3 is 2.80 bits per heavy atom. The van der Waals surface area contributed by atoms with Gasteiger partial charge in [-0.2, -0.15) is 4.98 Å². The van der Waals surface area contributed by atoms with Crippen LogP contribution in [0.15, 0.2) is 18.3 Å². The first-order valence-corrected chi connectivity index (χ1v) is 7.18. The zero-order valence-corrected chi connectivity index (χ0v) is 12.2. The fourth-order valence-corrected chi connectivity index (χ4v) is 2.46. The maximum Gasteiger partial charge on any atom is 0.243 e. The van der Waals surface area contributed by atoms with Crippen LogP contribution in [-0.4, -0.2) is 70.7 Å². The largest absolute Gasteiger partial charge is 0.352 e. The van der Waals surface area contributed by atoms with Crippen molar-refractivity contribution in [2.24, 2.45) is 0 Å². The van der Waals surface area contributed by atoms with Crippen molar-refractivity contribution in [1.82, 2.24) is 24.4 Å². The van der Waals surface area contributed by atoms with Crippen LogP contribution in [0.25, 0.3) is 5.65 Å². The number of rotatable bonds is 4. The number of fused-ring (bicyclic) bond motifs is 1. The average Bonchev–Trinajstić information content (AvgIpc) is 2.83. The standard InChI is InChI=1S/C14H22N6/c1-12-3-4-13-16-14(17-20(13)11-12)15-5-6-19-9-7-18(2)8-10-19/h3-4,11H,5-10H2,1-2H3,(H,15,17). The van der Waals surface area contributed by atoms with E-state index in [1.54, 1.807) is 0 Å². The predicted octanol–water partition coefficient (Wildman–Crippen LogP) is 0.697. The van der Waals surface area contributed by atoms with Crippen LogP contribution in [0.5, 0.6) is 0 Å². The molecule has 3 heterocycles. The molecule has 3 rings (SSSR count). The fourth-order valence-electron chi connectivity index (χ4n) is 2.46. The van der Waals surface area contributed by atoms with Crippen LogP contribution in [0.4, 0.5) is 5.95 Å². The van der Waals surface area contributed by atoms with Gasteiger partial charge in [0.25, 0.3) is 0 Å². The molecule has 0 saturated carbocycles. The highest BCUT2D eigenvalue weighted by Crippen LogP contribution is 2.07. The second kappa shape index (κ2) is 5.76. The molecular formula is C14H22N6. The van der Waals surface area contributed by atoms with E-state index in [2.05, 4.69) is 45.2 Å². The molecule has 0 radical (unpaired) electrons. The smallest absolute Gasteiger partial charge is 0.243 e. The lowest BCUT2D eigenvalue weighted by atomic mass is 10.3. The van der Waals surface area contributed by atoms with Crippen LogP contribution in [0, 0.1) is 6.92 Å². The molecule has 20 heavy (non-hydrogen) atoms. The van der Waals surface area contributed by atoms with Crippen molar-refractivity contribution in [3.63, 3.8) is 0 Å². The number of pyridine rings is 1. The summed E-state index contributed by atoms with van der Waals surface area (Å²) < 4.78 is 1.83. The fraction of sp³-hybridized carbons (Fsp3) is 0.571. The van der Waals surface area contributed by atoms with Crippen LogP contribution < -0.4 is 5.32 Å². The summed E-state index contributed by atoms with van der Waals surface area (Å²) in [6.07, 6.45) is 1.99. The van der Waals surface area contributed by atoms with Gasteiger partial charge in [-0.15, -0.1) is 5.10 Å². The number of hydrogen-bond donors (Lipinski definition) is 1. The molecule has 0 amide bonds. The van der Waals surface area contributed by atoms with Gasteiger partial charge in [0.05, 0.1) is 0 Å². The SMILES string of the molecule is Cc1ccc2nc(NCCN3CCN(C)CC3)nn2c1. The Labute approximate surface area is 119 Å². The molecule has 0 aliphatic carbocycles. The lowest BCUT2D eigenvalue weighted by Crippen LogP contribution is -2.45. The molecule has 6 nitrogen and oxygen atoms in total. The van der Waals surface area contributed by atoms with Gasteiger partial charge in [-0.25, -0.2) is 4.52 Å². The lowest BCUT2D eigenvalue weighted by Gasteiger charge is -2.32. The third-order valence-electron chi connectivity index (χ3n) is 3.79. The van der Waals surface area contributed by atoms with Gasteiger partial charge in [-0.1, -0.05) is 6.07 Å². The van der Waals surface area contributed by atoms with E-state index in [0.29, 0.717) is 5.95 Å². The summed E-state index contributed by atoms with van der Waals surface area (Å²) >= 11 is 0. The topological polar surface area (TPSA) is 48.7 Å². The highest BCUT2D eigenvalue weighted by molar-refractivity contribution is 5.44. The van der Waals surface area contributed by atoms with E-state index in [9.17, 15) is 0 Å². The van der Waals surface area contributed by atoms with E-state index in [-0.39, 0.29) is 0 Å². The van der Waals surface area contributed by atoms with E-state index in [4.69, 9.17) is 0 Å². The van der Waals surface area contributed by atoms with Crippen molar-refractivity contribution in [3.8, 4) is 0 Å². The molecule has 0 spiro atoms. The molecule has 0 atom stereocenters. The summed E-state index contributed by atoms with van der Waals surface area (Å²) in [5, 5.41) is 7.75. The third-order valence-corrected chi connectivity index (χ3v) is 3.79. The molecule has 1 fully saturated rings. The van der Waals surface area contributed by atoms with Crippen LogP contribution in [0.1, 0.15) is 5.56 Å². The summed E-state index contributed by atoms with van der Waals surface area (Å²) in [6.45, 7) is 8.60. The van der Waals surface area contributed by atoms with Gasteiger partial charge in [0.2, 0.25) is 5.95 Å². The molecule has 2 aromatic rings. The zero-order chi connectivity index (χ0) is 13.9. The minimum atomic E-state index is 0.713. The quantitative estimate of drug-likeness (QED) is 0.889. The van der Waals surface area contributed by atoms with E-state index in [1.165, 1.54) is 5.56 Å². The lowest BCUT2D eigenvalue weighted by molar-refractivity contribution is 0.158. The van der Waals surface area contributed by atoms with Crippen LogP contribution >= 0.6 is 0 Å². The highest BCUT2D eigenvalue weighted by Gasteiger charge is 2.13. The molecule has 108 valence electrons. The molecule has 1 aliphatic rings. The number of likely N-dealkylation sites (N-methyl/N-ethyl adjacent to an activating group) is 1. The van der Waals surface area contributed by atoms with Crippen LogP contribution in [0.3, 0.4) is 0 Å². The maximum absolute atomic E-state index is 4.46. The number of anilines is 1. The molecule has 6 heteroatoms. The molecular weight excluding hydrogens is 252 g/mol. The van der Waals surface area contributed by atoms with Gasteiger partial charge >= 0.3 is 0 Å². The van der Waals surface area contributed by atoms with Gasteiger partial charge in [0, 0.05) is 45.5 Å². The Bertz CT molecular complexity index is 570. The van der Waals surface area contributed by atoms with Gasteiger partial charge in [-0.05, 0) is 25.6 Å². The minimum absolute atomic E-state index is 0.713. The first-order valence-electron chi connectivity index (χ1n) is 7.18. The first kappa shape index (κ1) is 13.3. The monoisotopic (exact) mass is 274 g/mol. The summed E-state index contributed by atoms with van der Waals surface area (Å²) in [5.41, 5.74) is 2.07. The van der Waals surface area contributed by atoms with Crippen molar-refractivity contribution in [3.05, 3.63) is 23.9 Å². The maximum atomic E-state index is 4.46. The number of piperazine rings is 1. The van der Waals surface area contributed by atoms with Crippen molar-refractivity contribution >= 4 is 11.6 Å². The molecule has 0 aromatic carbocycles. The number of nitrogens with one attached hydrogen (secondary N) is 1. The van der Waals surface area contributed by atoms with Crippen LogP contribution in [0.2, 0.25) is 0 Å². The summed E-state index contributed by atoms with van der Waals surface area (Å²) in [6, 6.07) is 4.05. The molecule has 0 unspecified atom stereocenters. The van der Waals surface area contributed by atoms with Crippen molar-refractivity contribution in [1.29, 1.82) is 0 Å². The number of hydrogen-bond acceptors (Lipinski definition) is 5. The summed E-state index contributed by atoms with van der Waals surface area (Å²) in [7, 11) is 2.18. The third kappa shape index (κ3) is 3.08. The van der Waals surface area contributed by atoms with Gasteiger partial charge in [-0.3, -0.25) is 4.90 Å². The normalized spacial score (nSPS) is 17.7. The van der Waals surface area contributed by atoms with Crippen molar-refractivity contribution < 1.29 is 0 Å². The summed E-state index contributed by atoms with van der Waals surface area (Å²) in [4.78, 5) is 9.31. The van der Waals surface area contributed by atoms with Gasteiger partial charge in [0.1, 0.15) is 0 Å². The average molecular weight is 274 g/mol. The second-order valence-corrected chi connectivity index (χ2v) is 5.52. The Kier molecular flexibility index (Phi) is 3.84. The predicted molar refractivity (Wildman–Crippen MR) is 80.2 cm³/mol. The summed E-state index contributed by atoms with van der Waals surface area (Å²) in [5.74, 6) is 0.713. The second-order valence-electron chi connectivity index (χ2n) is 5.52. The van der Waals surface area contributed by atoms with Gasteiger partial charge < -0.3 is 10.2 Å². The minimum Gasteiger partial charge on any atom is -0.352 e. The molecule has 1 saturated heterocycles. The molecule has 0 bridgehead atoms.